The summed E-state index contributed by atoms with van der Waals surface area (Å²) in [5.74, 6) is 0.320. The van der Waals surface area contributed by atoms with E-state index in [0.717, 1.165) is 6.42 Å². The molecule has 2 heteroatoms. The molecule has 60 valence electrons. The van der Waals surface area contributed by atoms with Gasteiger partial charge in [-0.15, -0.1) is 0 Å². The van der Waals surface area contributed by atoms with Crippen molar-refractivity contribution in [1.29, 1.82) is 0 Å². The first-order chi connectivity index (χ1) is 5.18. The Balaban J connectivity index is 2.66. The van der Waals surface area contributed by atoms with Gasteiger partial charge in [-0.25, -0.2) is 0 Å². The third kappa shape index (κ3) is 2.85. The zero-order valence-electron chi connectivity index (χ0n) is 6.49. The summed E-state index contributed by atoms with van der Waals surface area (Å²) in [6.45, 7) is 2.05. The first kappa shape index (κ1) is 8.47. The summed E-state index contributed by atoms with van der Waals surface area (Å²) >= 11 is 4.27. The predicted octanol–water partition coefficient (Wildman–Crippen LogP) is 2.25. The van der Waals surface area contributed by atoms with Crippen LogP contribution in [0.2, 0.25) is 0 Å². The van der Waals surface area contributed by atoms with Gasteiger partial charge in [0.2, 0.25) is 0 Å². The molecule has 0 aliphatic heterocycles. The molecule has 1 atom stereocenters. The van der Waals surface area contributed by atoms with Crippen molar-refractivity contribution >= 4 is 12.6 Å². The molecule has 1 N–H and O–H groups in total. The second kappa shape index (κ2) is 3.67. The summed E-state index contributed by atoms with van der Waals surface area (Å²) in [5, 5.41) is 9.35. The van der Waals surface area contributed by atoms with Crippen molar-refractivity contribution < 1.29 is 5.11 Å². The van der Waals surface area contributed by atoms with Crippen LogP contribution in [0.1, 0.15) is 12.5 Å². The molecule has 1 nitrogen and oxygen atoms in total. The van der Waals surface area contributed by atoms with E-state index >= 15 is 0 Å². The molecule has 0 saturated carbocycles. The standard InChI is InChI=1S/C9H12OS/c1-7(11)6-8-2-4-9(10)5-3-8/h2-5,7,10-11H,6H2,1H3. The molecule has 0 aromatic heterocycles. The van der Waals surface area contributed by atoms with Crippen LogP contribution >= 0.6 is 12.6 Å². The highest BCUT2D eigenvalue weighted by Crippen LogP contribution is 2.12. The molecule has 1 aromatic rings. The fourth-order valence-electron chi connectivity index (χ4n) is 0.973. The Morgan fingerprint density at radius 2 is 1.91 bits per heavy atom. The summed E-state index contributed by atoms with van der Waals surface area (Å²) in [5.41, 5.74) is 1.21. The van der Waals surface area contributed by atoms with Crippen LogP contribution in [0.5, 0.6) is 5.75 Å². The van der Waals surface area contributed by atoms with Crippen molar-refractivity contribution in [1.82, 2.24) is 0 Å². The van der Waals surface area contributed by atoms with Crippen molar-refractivity contribution in [3.8, 4) is 5.75 Å². The molecular formula is C9H12OS. The van der Waals surface area contributed by atoms with Gasteiger partial charge in [-0.3, -0.25) is 0 Å². The van der Waals surface area contributed by atoms with Crippen molar-refractivity contribution in [3.63, 3.8) is 0 Å². The van der Waals surface area contributed by atoms with Gasteiger partial charge in [0.15, 0.2) is 0 Å². The molecule has 1 rings (SSSR count). The lowest BCUT2D eigenvalue weighted by atomic mass is 10.1. The molecule has 0 aliphatic carbocycles. The van der Waals surface area contributed by atoms with E-state index in [-0.39, 0.29) is 0 Å². The Kier molecular flexibility index (Phi) is 2.83. The number of phenolic OH excluding ortho intramolecular Hbond substituents is 1. The van der Waals surface area contributed by atoms with E-state index in [4.69, 9.17) is 5.11 Å². The molecule has 1 unspecified atom stereocenters. The monoisotopic (exact) mass is 168 g/mol. The van der Waals surface area contributed by atoms with E-state index in [1.165, 1.54) is 5.56 Å². The van der Waals surface area contributed by atoms with Crippen LogP contribution in [-0.4, -0.2) is 10.4 Å². The van der Waals surface area contributed by atoms with Crippen molar-refractivity contribution in [3.05, 3.63) is 29.8 Å². The minimum atomic E-state index is 0.320. The Hall–Kier alpha value is -0.630. The van der Waals surface area contributed by atoms with E-state index < -0.39 is 0 Å². The summed E-state index contributed by atoms with van der Waals surface area (Å²) in [6, 6.07) is 7.24. The van der Waals surface area contributed by atoms with Gasteiger partial charge in [0.05, 0.1) is 0 Å². The largest absolute Gasteiger partial charge is 0.508 e. The number of hydrogen-bond donors (Lipinski definition) is 2. The molecule has 11 heavy (non-hydrogen) atoms. The van der Waals surface area contributed by atoms with Gasteiger partial charge in [0.1, 0.15) is 5.75 Å². The van der Waals surface area contributed by atoms with E-state index in [0.29, 0.717) is 11.0 Å². The highest BCUT2D eigenvalue weighted by molar-refractivity contribution is 7.80. The number of aromatic hydroxyl groups is 1. The number of benzene rings is 1. The summed E-state index contributed by atoms with van der Waals surface area (Å²) in [6.07, 6.45) is 0.948. The average Bonchev–Trinajstić information content (AvgIpc) is 1.93. The van der Waals surface area contributed by atoms with Crippen LogP contribution in [0, 0.1) is 0 Å². The van der Waals surface area contributed by atoms with E-state index in [1.807, 2.05) is 12.1 Å². The van der Waals surface area contributed by atoms with E-state index in [9.17, 15) is 0 Å². The lowest BCUT2D eigenvalue weighted by Crippen LogP contribution is -1.95. The van der Waals surface area contributed by atoms with Gasteiger partial charge >= 0.3 is 0 Å². The molecule has 0 aliphatic rings. The first-order valence-corrected chi connectivity index (χ1v) is 4.16. The Bertz CT molecular complexity index is 216. The van der Waals surface area contributed by atoms with E-state index in [1.54, 1.807) is 12.1 Å². The van der Waals surface area contributed by atoms with Crippen LogP contribution in [0.15, 0.2) is 24.3 Å². The van der Waals surface area contributed by atoms with Crippen LogP contribution in [-0.2, 0) is 6.42 Å². The van der Waals surface area contributed by atoms with Crippen LogP contribution in [0.25, 0.3) is 0 Å². The third-order valence-corrected chi connectivity index (χ3v) is 1.65. The number of thiol groups is 1. The molecule has 0 bridgehead atoms. The fraction of sp³-hybridized carbons (Fsp3) is 0.333. The maximum Gasteiger partial charge on any atom is 0.115 e. The van der Waals surface area contributed by atoms with Crippen molar-refractivity contribution in [2.45, 2.75) is 18.6 Å². The molecular weight excluding hydrogens is 156 g/mol. The van der Waals surface area contributed by atoms with Gasteiger partial charge in [0, 0.05) is 5.25 Å². The Morgan fingerprint density at radius 1 is 1.36 bits per heavy atom. The molecule has 0 fully saturated rings. The summed E-state index contributed by atoms with van der Waals surface area (Å²) in [4.78, 5) is 0. The van der Waals surface area contributed by atoms with Gasteiger partial charge in [0.25, 0.3) is 0 Å². The lowest BCUT2D eigenvalue weighted by molar-refractivity contribution is 0.475. The summed E-state index contributed by atoms with van der Waals surface area (Å²) in [7, 11) is 0. The van der Waals surface area contributed by atoms with Crippen molar-refractivity contribution in [2.24, 2.45) is 0 Å². The predicted molar refractivity (Wildman–Crippen MR) is 50.3 cm³/mol. The molecule has 0 spiro atoms. The van der Waals surface area contributed by atoms with Crippen LogP contribution < -0.4 is 0 Å². The highest BCUT2D eigenvalue weighted by Gasteiger charge is 1.96. The first-order valence-electron chi connectivity index (χ1n) is 3.64. The zero-order chi connectivity index (χ0) is 8.27. The normalized spacial score (nSPS) is 12.9. The minimum Gasteiger partial charge on any atom is -0.508 e. The quantitative estimate of drug-likeness (QED) is 0.649. The van der Waals surface area contributed by atoms with Crippen LogP contribution in [0.3, 0.4) is 0 Å². The van der Waals surface area contributed by atoms with Gasteiger partial charge in [-0.1, -0.05) is 19.1 Å². The maximum absolute atomic E-state index is 8.97. The number of rotatable bonds is 2. The fourth-order valence-corrected chi connectivity index (χ4v) is 1.18. The smallest absolute Gasteiger partial charge is 0.115 e. The number of phenols is 1. The van der Waals surface area contributed by atoms with Gasteiger partial charge in [-0.2, -0.15) is 12.6 Å². The van der Waals surface area contributed by atoms with Gasteiger partial charge < -0.3 is 5.11 Å². The molecule has 0 radical (unpaired) electrons. The Labute approximate surface area is 72.5 Å². The zero-order valence-corrected chi connectivity index (χ0v) is 7.38. The summed E-state index contributed by atoms with van der Waals surface area (Å²) < 4.78 is 0. The van der Waals surface area contributed by atoms with Crippen molar-refractivity contribution in [2.75, 3.05) is 0 Å². The molecule has 1 aromatic carbocycles. The Morgan fingerprint density at radius 3 is 2.36 bits per heavy atom. The molecule has 0 saturated heterocycles. The minimum absolute atomic E-state index is 0.320. The highest BCUT2D eigenvalue weighted by atomic mass is 32.1. The third-order valence-electron chi connectivity index (χ3n) is 1.47. The second-order valence-electron chi connectivity index (χ2n) is 2.72. The molecule has 0 heterocycles. The van der Waals surface area contributed by atoms with Crippen LogP contribution in [0.4, 0.5) is 0 Å². The van der Waals surface area contributed by atoms with E-state index in [2.05, 4.69) is 19.6 Å². The average molecular weight is 168 g/mol. The van der Waals surface area contributed by atoms with Gasteiger partial charge in [-0.05, 0) is 24.1 Å². The maximum atomic E-state index is 8.97. The SMILES string of the molecule is CC(S)Cc1ccc(O)cc1. The second-order valence-corrected chi connectivity index (χ2v) is 3.60. The molecule has 0 amide bonds. The lowest BCUT2D eigenvalue weighted by Gasteiger charge is -2.03. The topological polar surface area (TPSA) is 20.2 Å². The number of hydrogen-bond acceptors (Lipinski definition) is 2.